The summed E-state index contributed by atoms with van der Waals surface area (Å²) in [4.78, 5) is 25.7. The van der Waals surface area contributed by atoms with E-state index in [0.29, 0.717) is 0 Å². The summed E-state index contributed by atoms with van der Waals surface area (Å²) in [6.45, 7) is 0. The van der Waals surface area contributed by atoms with E-state index in [-0.39, 0.29) is 22.5 Å². The summed E-state index contributed by atoms with van der Waals surface area (Å²) in [6, 6.07) is 17.8. The van der Waals surface area contributed by atoms with Crippen LogP contribution in [0.15, 0.2) is 78.9 Å². The number of anilines is 2. The van der Waals surface area contributed by atoms with Crippen molar-refractivity contribution >= 4 is 23.3 Å². The van der Waals surface area contributed by atoms with Crippen molar-refractivity contribution in [3.05, 3.63) is 95.6 Å². The number of aromatic carboxylic acids is 1. The van der Waals surface area contributed by atoms with Gasteiger partial charge in [-0.1, -0.05) is 36.4 Å². The molecule has 0 bridgehead atoms. The fourth-order valence-electron chi connectivity index (χ4n) is 2.75. The van der Waals surface area contributed by atoms with E-state index in [4.69, 9.17) is 0 Å². The fourth-order valence-corrected chi connectivity index (χ4v) is 2.75. The van der Waals surface area contributed by atoms with Gasteiger partial charge >= 0.3 is 12.1 Å². The van der Waals surface area contributed by atoms with Crippen LogP contribution in [0.4, 0.5) is 24.5 Å². The minimum absolute atomic E-state index is 0.0248. The van der Waals surface area contributed by atoms with Gasteiger partial charge in [-0.3, -0.25) is 9.69 Å². The number of rotatable bonds is 4. The van der Waals surface area contributed by atoms with E-state index in [1.807, 2.05) is 0 Å². The molecule has 0 aliphatic heterocycles. The number of carboxylic acid groups (broad SMARTS) is 1. The zero-order chi connectivity index (χ0) is 20.3. The highest BCUT2D eigenvalue weighted by Crippen LogP contribution is 2.35. The third-order valence-corrected chi connectivity index (χ3v) is 4.03. The Kier molecular flexibility index (Phi) is 5.17. The van der Waals surface area contributed by atoms with Crippen molar-refractivity contribution in [3.8, 4) is 0 Å². The second-order valence-electron chi connectivity index (χ2n) is 5.88. The first kappa shape index (κ1) is 19.2. The molecule has 0 spiro atoms. The SMILES string of the molecule is O=C(O)c1ccccc1N(C(=O)c1ccccc1)c1cccc(C(F)(F)F)c1. The molecule has 0 heterocycles. The van der Waals surface area contributed by atoms with Crippen molar-refractivity contribution in [1.82, 2.24) is 0 Å². The Morgan fingerprint density at radius 1 is 0.821 bits per heavy atom. The molecule has 28 heavy (non-hydrogen) atoms. The van der Waals surface area contributed by atoms with Crippen molar-refractivity contribution in [1.29, 1.82) is 0 Å². The first-order chi connectivity index (χ1) is 13.3. The van der Waals surface area contributed by atoms with Crippen LogP contribution < -0.4 is 4.90 Å². The third kappa shape index (κ3) is 3.88. The number of nitrogens with zero attached hydrogens (tertiary/aromatic N) is 1. The van der Waals surface area contributed by atoms with Gasteiger partial charge in [0.15, 0.2) is 0 Å². The average molecular weight is 385 g/mol. The number of para-hydroxylation sites is 1. The van der Waals surface area contributed by atoms with Crippen LogP contribution in [-0.2, 0) is 6.18 Å². The number of hydrogen-bond donors (Lipinski definition) is 1. The first-order valence-corrected chi connectivity index (χ1v) is 8.18. The molecule has 0 aliphatic rings. The fraction of sp³-hybridized carbons (Fsp3) is 0.0476. The van der Waals surface area contributed by atoms with Crippen LogP contribution in [0.5, 0.6) is 0 Å². The van der Waals surface area contributed by atoms with E-state index in [1.165, 1.54) is 48.5 Å². The number of halogens is 3. The van der Waals surface area contributed by atoms with Crippen molar-refractivity contribution < 1.29 is 27.9 Å². The summed E-state index contributed by atoms with van der Waals surface area (Å²) in [5.74, 6) is -1.94. The number of amides is 1. The maximum Gasteiger partial charge on any atom is 0.416 e. The van der Waals surface area contributed by atoms with Crippen LogP contribution in [0, 0.1) is 0 Å². The zero-order valence-corrected chi connectivity index (χ0v) is 14.4. The number of carboxylic acids is 1. The van der Waals surface area contributed by atoms with Crippen LogP contribution in [0.1, 0.15) is 26.3 Å². The summed E-state index contributed by atoms with van der Waals surface area (Å²) < 4.78 is 39.5. The minimum Gasteiger partial charge on any atom is -0.478 e. The van der Waals surface area contributed by atoms with Gasteiger partial charge < -0.3 is 5.11 Å². The highest BCUT2D eigenvalue weighted by Gasteiger charge is 2.32. The maximum atomic E-state index is 13.2. The van der Waals surface area contributed by atoms with Crippen LogP contribution in [0.25, 0.3) is 0 Å². The lowest BCUT2D eigenvalue weighted by Gasteiger charge is -2.25. The lowest BCUT2D eigenvalue weighted by molar-refractivity contribution is -0.137. The lowest BCUT2D eigenvalue weighted by Crippen LogP contribution is -2.28. The minimum atomic E-state index is -4.61. The molecular formula is C21H14F3NO3. The number of benzene rings is 3. The molecule has 4 nitrogen and oxygen atoms in total. The second kappa shape index (κ2) is 7.56. The molecule has 0 atom stereocenters. The Bertz CT molecular complexity index is 1020. The van der Waals surface area contributed by atoms with Gasteiger partial charge in [-0.2, -0.15) is 13.2 Å². The van der Waals surface area contributed by atoms with Gasteiger partial charge in [0, 0.05) is 11.3 Å². The van der Waals surface area contributed by atoms with Crippen molar-refractivity contribution in [2.45, 2.75) is 6.18 Å². The molecule has 1 amide bonds. The van der Waals surface area contributed by atoms with Gasteiger partial charge in [0.05, 0.1) is 16.8 Å². The summed E-state index contributed by atoms with van der Waals surface area (Å²) >= 11 is 0. The number of carbonyl (C=O) groups is 2. The highest BCUT2D eigenvalue weighted by atomic mass is 19.4. The molecule has 1 N–H and O–H groups in total. The standard InChI is InChI=1S/C21H14F3NO3/c22-21(23,24)15-9-6-10-16(13-15)25(19(26)14-7-2-1-3-8-14)18-12-5-4-11-17(18)20(27)28/h1-13H,(H,27,28). The molecular weight excluding hydrogens is 371 g/mol. The van der Waals surface area contributed by atoms with E-state index in [2.05, 4.69) is 0 Å². The van der Waals surface area contributed by atoms with Crippen molar-refractivity contribution in [3.63, 3.8) is 0 Å². The molecule has 142 valence electrons. The van der Waals surface area contributed by atoms with Gasteiger partial charge in [-0.05, 0) is 42.5 Å². The molecule has 0 saturated carbocycles. The Balaban J connectivity index is 2.22. The summed E-state index contributed by atoms with van der Waals surface area (Å²) in [7, 11) is 0. The maximum absolute atomic E-state index is 13.2. The summed E-state index contributed by atoms with van der Waals surface area (Å²) in [5.41, 5.74) is -1.05. The molecule has 0 aromatic heterocycles. The van der Waals surface area contributed by atoms with Crippen molar-refractivity contribution in [2.24, 2.45) is 0 Å². The third-order valence-electron chi connectivity index (χ3n) is 4.03. The van der Waals surface area contributed by atoms with Crippen LogP contribution in [-0.4, -0.2) is 17.0 Å². The smallest absolute Gasteiger partial charge is 0.416 e. The monoisotopic (exact) mass is 385 g/mol. The Morgan fingerprint density at radius 3 is 2.11 bits per heavy atom. The number of hydrogen-bond acceptors (Lipinski definition) is 2. The molecule has 3 rings (SSSR count). The van der Waals surface area contributed by atoms with Gasteiger partial charge in [0.1, 0.15) is 0 Å². The number of carbonyl (C=O) groups excluding carboxylic acids is 1. The van der Waals surface area contributed by atoms with Gasteiger partial charge in [-0.25, -0.2) is 4.79 Å². The topological polar surface area (TPSA) is 57.6 Å². The summed E-state index contributed by atoms with van der Waals surface area (Å²) in [5, 5.41) is 9.48. The van der Waals surface area contributed by atoms with E-state index in [0.717, 1.165) is 17.0 Å². The highest BCUT2D eigenvalue weighted by molar-refractivity contribution is 6.13. The molecule has 0 unspecified atom stereocenters. The summed E-state index contributed by atoms with van der Waals surface area (Å²) in [6.07, 6.45) is -4.61. The van der Waals surface area contributed by atoms with Gasteiger partial charge in [0.25, 0.3) is 5.91 Å². The van der Waals surface area contributed by atoms with E-state index >= 15 is 0 Å². The largest absolute Gasteiger partial charge is 0.478 e. The zero-order valence-electron chi connectivity index (χ0n) is 14.4. The van der Waals surface area contributed by atoms with Crippen LogP contribution in [0.2, 0.25) is 0 Å². The molecule has 0 fully saturated rings. The normalized spacial score (nSPS) is 11.1. The quantitative estimate of drug-likeness (QED) is 0.656. The lowest BCUT2D eigenvalue weighted by atomic mass is 10.1. The first-order valence-electron chi connectivity index (χ1n) is 8.18. The van der Waals surface area contributed by atoms with E-state index < -0.39 is 23.6 Å². The molecule has 0 saturated heterocycles. The van der Waals surface area contributed by atoms with Gasteiger partial charge in [-0.15, -0.1) is 0 Å². The van der Waals surface area contributed by atoms with Crippen LogP contribution >= 0.6 is 0 Å². The molecule has 3 aromatic rings. The Hall–Kier alpha value is -3.61. The van der Waals surface area contributed by atoms with Crippen molar-refractivity contribution in [2.75, 3.05) is 4.90 Å². The molecule has 0 aliphatic carbocycles. The molecule has 0 radical (unpaired) electrons. The predicted octanol–water partition coefficient (Wildman–Crippen LogP) is 5.38. The molecule has 3 aromatic carbocycles. The molecule has 7 heteroatoms. The van der Waals surface area contributed by atoms with E-state index in [9.17, 15) is 27.9 Å². The Labute approximate surface area is 158 Å². The van der Waals surface area contributed by atoms with Crippen LogP contribution in [0.3, 0.4) is 0 Å². The second-order valence-corrected chi connectivity index (χ2v) is 5.88. The Morgan fingerprint density at radius 2 is 1.46 bits per heavy atom. The average Bonchev–Trinajstić information content (AvgIpc) is 2.68. The van der Waals surface area contributed by atoms with Gasteiger partial charge in [0.2, 0.25) is 0 Å². The van der Waals surface area contributed by atoms with E-state index in [1.54, 1.807) is 18.2 Å². The predicted molar refractivity (Wildman–Crippen MR) is 97.8 cm³/mol. The number of alkyl halides is 3.